The predicted octanol–water partition coefficient (Wildman–Crippen LogP) is 1.79. The molecule has 4 nitrogen and oxygen atoms in total. The first kappa shape index (κ1) is 13.8. The summed E-state index contributed by atoms with van der Waals surface area (Å²) >= 11 is 3.15. The minimum absolute atomic E-state index is 0.0377. The number of carbonyl (C=O) groups is 1. The summed E-state index contributed by atoms with van der Waals surface area (Å²) in [6.45, 7) is 8.92. The zero-order valence-corrected chi connectivity index (χ0v) is 12.5. The standard InChI is InChI=1S/C12H19N3OS2/c1-3-14-5-7-15(8-6-14)11(16)10(2)18-12-13-4-9-17-12/h4,9-10H,3,5-8H2,1-2H3. The Balaban J connectivity index is 1.84. The van der Waals surface area contributed by atoms with Gasteiger partial charge in [-0.2, -0.15) is 0 Å². The van der Waals surface area contributed by atoms with E-state index >= 15 is 0 Å². The number of likely N-dealkylation sites (N-methyl/N-ethyl adjacent to an activating group) is 1. The van der Waals surface area contributed by atoms with Crippen molar-refractivity contribution in [2.75, 3.05) is 32.7 Å². The van der Waals surface area contributed by atoms with Gasteiger partial charge in [0.25, 0.3) is 0 Å². The Hall–Kier alpha value is -0.590. The number of carbonyl (C=O) groups excluding carboxylic acids is 1. The van der Waals surface area contributed by atoms with Crippen molar-refractivity contribution in [2.24, 2.45) is 0 Å². The average Bonchev–Trinajstić information content (AvgIpc) is 2.91. The van der Waals surface area contributed by atoms with E-state index in [0.717, 1.165) is 37.1 Å². The Morgan fingerprint density at radius 2 is 2.22 bits per heavy atom. The van der Waals surface area contributed by atoms with Gasteiger partial charge >= 0.3 is 0 Å². The molecule has 18 heavy (non-hydrogen) atoms. The highest BCUT2D eigenvalue weighted by atomic mass is 32.2. The van der Waals surface area contributed by atoms with Crippen LogP contribution >= 0.6 is 23.1 Å². The molecule has 100 valence electrons. The lowest BCUT2D eigenvalue weighted by molar-refractivity contribution is -0.132. The molecule has 1 aliphatic rings. The lowest BCUT2D eigenvalue weighted by atomic mass is 10.3. The molecule has 0 saturated carbocycles. The van der Waals surface area contributed by atoms with Crippen LogP contribution in [0.5, 0.6) is 0 Å². The molecule has 0 aliphatic carbocycles. The summed E-state index contributed by atoms with van der Waals surface area (Å²) in [5.41, 5.74) is 0. The van der Waals surface area contributed by atoms with Crippen LogP contribution in [-0.4, -0.2) is 58.7 Å². The molecule has 2 rings (SSSR count). The minimum Gasteiger partial charge on any atom is -0.339 e. The molecule has 0 spiro atoms. The van der Waals surface area contributed by atoms with Crippen molar-refractivity contribution < 1.29 is 4.79 Å². The smallest absolute Gasteiger partial charge is 0.235 e. The third kappa shape index (κ3) is 3.46. The van der Waals surface area contributed by atoms with E-state index in [9.17, 15) is 4.79 Å². The van der Waals surface area contributed by atoms with E-state index in [4.69, 9.17) is 0 Å². The molecule has 6 heteroatoms. The average molecular weight is 285 g/mol. The molecule has 0 bridgehead atoms. The third-order valence-electron chi connectivity index (χ3n) is 3.17. The first-order chi connectivity index (χ1) is 8.70. The van der Waals surface area contributed by atoms with Gasteiger partial charge in [-0.3, -0.25) is 4.79 Å². The summed E-state index contributed by atoms with van der Waals surface area (Å²) in [5.74, 6) is 0.242. The molecule has 1 aliphatic heterocycles. The molecule has 1 unspecified atom stereocenters. The van der Waals surface area contributed by atoms with Gasteiger partial charge in [0.2, 0.25) is 5.91 Å². The van der Waals surface area contributed by atoms with E-state index in [1.807, 2.05) is 17.2 Å². The van der Waals surface area contributed by atoms with Gasteiger partial charge < -0.3 is 9.80 Å². The van der Waals surface area contributed by atoms with E-state index < -0.39 is 0 Å². The maximum atomic E-state index is 12.3. The van der Waals surface area contributed by atoms with Gasteiger partial charge in [0.1, 0.15) is 0 Å². The normalized spacial score (nSPS) is 18.9. The Morgan fingerprint density at radius 3 is 2.78 bits per heavy atom. The van der Waals surface area contributed by atoms with Crippen molar-refractivity contribution in [3.05, 3.63) is 11.6 Å². The van der Waals surface area contributed by atoms with Crippen molar-refractivity contribution in [1.82, 2.24) is 14.8 Å². The van der Waals surface area contributed by atoms with Crippen LogP contribution in [0.3, 0.4) is 0 Å². The summed E-state index contributed by atoms with van der Waals surface area (Å²) in [5, 5.41) is 1.91. The first-order valence-corrected chi connectivity index (χ1v) is 8.04. The lowest BCUT2D eigenvalue weighted by Gasteiger charge is -2.35. The van der Waals surface area contributed by atoms with Crippen LogP contribution in [0.15, 0.2) is 15.9 Å². The van der Waals surface area contributed by atoms with Crippen molar-refractivity contribution >= 4 is 29.0 Å². The van der Waals surface area contributed by atoms with Crippen molar-refractivity contribution in [2.45, 2.75) is 23.4 Å². The Bertz CT molecular complexity index is 375. The molecular formula is C12H19N3OS2. The number of thiazole rings is 1. The highest BCUT2D eigenvalue weighted by Crippen LogP contribution is 2.26. The first-order valence-electron chi connectivity index (χ1n) is 6.28. The van der Waals surface area contributed by atoms with Gasteiger partial charge in [0, 0.05) is 37.8 Å². The fraction of sp³-hybridized carbons (Fsp3) is 0.667. The third-order valence-corrected chi connectivity index (χ3v) is 5.17. The number of amides is 1. The Labute approximate surface area is 116 Å². The van der Waals surface area contributed by atoms with Crippen LogP contribution in [0.25, 0.3) is 0 Å². The van der Waals surface area contributed by atoms with Gasteiger partial charge in [0.15, 0.2) is 4.34 Å². The number of rotatable bonds is 4. The van der Waals surface area contributed by atoms with Crippen LogP contribution in [0.1, 0.15) is 13.8 Å². The molecule has 1 fully saturated rings. The molecule has 1 atom stereocenters. The van der Waals surface area contributed by atoms with E-state index in [0.29, 0.717) is 0 Å². The Morgan fingerprint density at radius 1 is 1.50 bits per heavy atom. The SMILES string of the molecule is CCN1CCN(C(=O)C(C)Sc2nccs2)CC1. The maximum Gasteiger partial charge on any atom is 0.235 e. The van der Waals surface area contributed by atoms with Crippen molar-refractivity contribution in [3.8, 4) is 0 Å². The molecule has 1 aromatic rings. The predicted molar refractivity (Wildman–Crippen MR) is 76.1 cm³/mol. The summed E-state index contributed by atoms with van der Waals surface area (Å²) in [7, 11) is 0. The fourth-order valence-electron chi connectivity index (χ4n) is 2.01. The zero-order valence-electron chi connectivity index (χ0n) is 10.8. The summed E-state index contributed by atoms with van der Waals surface area (Å²) in [6, 6.07) is 0. The van der Waals surface area contributed by atoms with Crippen LogP contribution < -0.4 is 0 Å². The van der Waals surface area contributed by atoms with E-state index in [-0.39, 0.29) is 11.2 Å². The largest absolute Gasteiger partial charge is 0.339 e. The number of thioether (sulfide) groups is 1. The zero-order chi connectivity index (χ0) is 13.0. The highest BCUT2D eigenvalue weighted by Gasteiger charge is 2.25. The van der Waals surface area contributed by atoms with Gasteiger partial charge in [-0.25, -0.2) is 4.98 Å². The molecule has 0 N–H and O–H groups in total. The van der Waals surface area contributed by atoms with Gasteiger partial charge in [0.05, 0.1) is 5.25 Å². The molecule has 1 amide bonds. The second kappa shape index (κ2) is 6.54. The monoisotopic (exact) mass is 285 g/mol. The van der Waals surface area contributed by atoms with E-state index in [1.54, 1.807) is 29.3 Å². The lowest BCUT2D eigenvalue weighted by Crippen LogP contribution is -2.50. The molecule has 0 radical (unpaired) electrons. The highest BCUT2D eigenvalue weighted by molar-refractivity contribution is 8.02. The van der Waals surface area contributed by atoms with Crippen LogP contribution in [0.2, 0.25) is 0 Å². The van der Waals surface area contributed by atoms with Crippen molar-refractivity contribution in [3.63, 3.8) is 0 Å². The van der Waals surface area contributed by atoms with E-state index in [2.05, 4.69) is 16.8 Å². The summed E-state index contributed by atoms with van der Waals surface area (Å²) in [6.07, 6.45) is 1.78. The van der Waals surface area contributed by atoms with Crippen LogP contribution in [0.4, 0.5) is 0 Å². The van der Waals surface area contributed by atoms with E-state index in [1.165, 1.54) is 0 Å². The molecule has 2 heterocycles. The summed E-state index contributed by atoms with van der Waals surface area (Å²) < 4.78 is 0.975. The number of hydrogen-bond donors (Lipinski definition) is 0. The molecule has 1 aromatic heterocycles. The summed E-state index contributed by atoms with van der Waals surface area (Å²) in [4.78, 5) is 20.9. The van der Waals surface area contributed by atoms with Gasteiger partial charge in [-0.1, -0.05) is 18.7 Å². The topological polar surface area (TPSA) is 36.4 Å². The quantitative estimate of drug-likeness (QED) is 0.790. The number of hydrogen-bond acceptors (Lipinski definition) is 5. The number of piperazine rings is 1. The molecule has 0 aromatic carbocycles. The second-order valence-electron chi connectivity index (χ2n) is 4.32. The van der Waals surface area contributed by atoms with Gasteiger partial charge in [-0.05, 0) is 13.5 Å². The van der Waals surface area contributed by atoms with Gasteiger partial charge in [-0.15, -0.1) is 11.3 Å². The molecular weight excluding hydrogens is 266 g/mol. The number of aromatic nitrogens is 1. The second-order valence-corrected chi connectivity index (χ2v) is 6.80. The van der Waals surface area contributed by atoms with Crippen LogP contribution in [0, 0.1) is 0 Å². The minimum atomic E-state index is -0.0377. The number of nitrogens with zero attached hydrogens (tertiary/aromatic N) is 3. The fourth-order valence-corrected chi connectivity index (χ4v) is 3.87. The molecule has 1 saturated heterocycles. The van der Waals surface area contributed by atoms with Crippen molar-refractivity contribution in [1.29, 1.82) is 0 Å². The van der Waals surface area contributed by atoms with Crippen LogP contribution in [-0.2, 0) is 4.79 Å². The maximum absolute atomic E-state index is 12.3. The Kier molecular flexibility index (Phi) is 5.03.